The normalized spacial score (nSPS) is 13.1. The second-order valence-corrected chi connectivity index (χ2v) is 4.34. The number of benzene rings is 1. The fraction of sp³-hybridized carbons (Fsp3) is 0.143. The van der Waals surface area contributed by atoms with Gasteiger partial charge in [-0.25, -0.2) is 0 Å². The number of rotatable bonds is 3. The molecule has 1 aliphatic rings. The van der Waals surface area contributed by atoms with Crippen LogP contribution in [0.2, 0.25) is 0 Å². The predicted octanol–water partition coefficient (Wildman–Crippen LogP) is 1.23. The monoisotopic (exact) mass is 269 g/mol. The number of carbonyl (C=O) groups excluding carboxylic acids is 2. The molecule has 0 unspecified atom stereocenters. The Kier molecular flexibility index (Phi) is 3.12. The highest BCUT2D eigenvalue weighted by Gasteiger charge is 2.18. The van der Waals surface area contributed by atoms with Crippen molar-refractivity contribution in [3.05, 3.63) is 48.0 Å². The van der Waals surface area contributed by atoms with Crippen molar-refractivity contribution in [2.45, 2.75) is 6.42 Å². The number of ether oxygens (including phenoxy) is 1. The van der Waals surface area contributed by atoms with Gasteiger partial charge in [-0.15, -0.1) is 0 Å². The van der Waals surface area contributed by atoms with Crippen LogP contribution in [0.5, 0.6) is 5.75 Å². The largest absolute Gasteiger partial charge is 0.482 e. The van der Waals surface area contributed by atoms with Crippen molar-refractivity contribution in [2.75, 3.05) is 11.9 Å². The van der Waals surface area contributed by atoms with Crippen molar-refractivity contribution in [1.82, 2.24) is 9.97 Å². The van der Waals surface area contributed by atoms with E-state index < -0.39 is 0 Å². The highest BCUT2D eigenvalue weighted by Crippen LogP contribution is 2.28. The number of ketones is 1. The fourth-order valence-corrected chi connectivity index (χ4v) is 1.94. The maximum atomic E-state index is 12.2. The van der Waals surface area contributed by atoms with E-state index in [1.54, 1.807) is 36.8 Å². The van der Waals surface area contributed by atoms with Gasteiger partial charge in [-0.1, -0.05) is 0 Å². The van der Waals surface area contributed by atoms with E-state index in [2.05, 4.69) is 15.3 Å². The molecule has 6 heteroatoms. The van der Waals surface area contributed by atoms with Crippen LogP contribution in [0.1, 0.15) is 16.1 Å². The highest BCUT2D eigenvalue weighted by molar-refractivity contribution is 6.01. The summed E-state index contributed by atoms with van der Waals surface area (Å²) in [5, 5.41) is 2.67. The molecule has 0 fully saturated rings. The molecule has 0 spiro atoms. The minimum absolute atomic E-state index is 0.000101. The number of amides is 1. The molecule has 1 aliphatic heterocycles. The lowest BCUT2D eigenvalue weighted by molar-refractivity contribution is -0.118. The molecule has 2 aromatic rings. The van der Waals surface area contributed by atoms with Gasteiger partial charge in [0.25, 0.3) is 5.91 Å². The molecule has 1 amide bonds. The van der Waals surface area contributed by atoms with Crippen LogP contribution in [0.15, 0.2) is 36.8 Å². The summed E-state index contributed by atoms with van der Waals surface area (Å²) < 4.78 is 5.24. The summed E-state index contributed by atoms with van der Waals surface area (Å²) in [6.07, 6.45) is 4.83. The quantitative estimate of drug-likeness (QED) is 0.848. The molecule has 1 N–H and O–H groups in total. The highest BCUT2D eigenvalue weighted by atomic mass is 16.5. The van der Waals surface area contributed by atoms with Gasteiger partial charge in [0, 0.05) is 24.2 Å². The van der Waals surface area contributed by atoms with Crippen LogP contribution in [-0.4, -0.2) is 28.3 Å². The number of nitrogens with one attached hydrogen (secondary N) is 1. The first kappa shape index (κ1) is 12.3. The zero-order valence-electron chi connectivity index (χ0n) is 10.5. The van der Waals surface area contributed by atoms with Crippen molar-refractivity contribution in [3.63, 3.8) is 0 Å². The number of hydrogen-bond acceptors (Lipinski definition) is 5. The van der Waals surface area contributed by atoms with Crippen molar-refractivity contribution in [2.24, 2.45) is 0 Å². The van der Waals surface area contributed by atoms with Crippen LogP contribution in [0, 0.1) is 0 Å². The van der Waals surface area contributed by atoms with E-state index in [1.807, 2.05) is 0 Å². The minimum atomic E-state index is -0.226. The lowest BCUT2D eigenvalue weighted by Crippen LogP contribution is -2.25. The van der Waals surface area contributed by atoms with Gasteiger partial charge < -0.3 is 10.1 Å². The average Bonchev–Trinajstić information content (AvgIpc) is 2.47. The van der Waals surface area contributed by atoms with Crippen molar-refractivity contribution < 1.29 is 14.3 Å². The molecule has 0 aliphatic carbocycles. The zero-order valence-corrected chi connectivity index (χ0v) is 10.5. The molecule has 1 aromatic carbocycles. The second kappa shape index (κ2) is 5.08. The van der Waals surface area contributed by atoms with E-state index in [1.165, 1.54) is 0 Å². The maximum absolute atomic E-state index is 12.2. The third-order valence-electron chi connectivity index (χ3n) is 2.89. The summed E-state index contributed by atoms with van der Waals surface area (Å²) in [5.41, 5.74) is 1.63. The molecule has 0 saturated heterocycles. The van der Waals surface area contributed by atoms with Crippen molar-refractivity contribution >= 4 is 17.4 Å². The standard InChI is InChI=1S/C14H11N3O3/c18-12(6-10-7-15-3-4-16-10)9-1-2-13-11(5-9)17-14(19)8-20-13/h1-5,7H,6,8H2,(H,17,19). The Morgan fingerprint density at radius 3 is 3.05 bits per heavy atom. The Bertz CT molecular complexity index is 671. The second-order valence-electron chi connectivity index (χ2n) is 4.34. The Balaban J connectivity index is 1.82. The molecular weight excluding hydrogens is 258 g/mol. The van der Waals surface area contributed by atoms with Crippen LogP contribution in [0.25, 0.3) is 0 Å². The molecule has 0 saturated carbocycles. The third-order valence-corrected chi connectivity index (χ3v) is 2.89. The van der Waals surface area contributed by atoms with E-state index in [0.717, 1.165) is 0 Å². The van der Waals surface area contributed by atoms with Gasteiger partial charge in [0.2, 0.25) is 0 Å². The zero-order chi connectivity index (χ0) is 13.9. The Morgan fingerprint density at radius 2 is 2.25 bits per heavy atom. The van der Waals surface area contributed by atoms with Gasteiger partial charge in [-0.3, -0.25) is 19.6 Å². The lowest BCUT2D eigenvalue weighted by atomic mass is 10.1. The van der Waals surface area contributed by atoms with Gasteiger partial charge in [0.1, 0.15) is 5.75 Å². The first-order chi connectivity index (χ1) is 9.72. The number of fused-ring (bicyclic) bond motifs is 1. The van der Waals surface area contributed by atoms with Gasteiger partial charge >= 0.3 is 0 Å². The number of carbonyl (C=O) groups is 2. The van der Waals surface area contributed by atoms with Crippen molar-refractivity contribution in [3.8, 4) is 5.75 Å². The number of aromatic nitrogens is 2. The molecule has 2 heterocycles. The summed E-state index contributed by atoms with van der Waals surface area (Å²) in [4.78, 5) is 31.4. The SMILES string of the molecule is O=C1COc2ccc(C(=O)Cc3cnccn3)cc2N1. The molecule has 6 nitrogen and oxygen atoms in total. The van der Waals surface area contributed by atoms with Crippen LogP contribution in [0.4, 0.5) is 5.69 Å². The first-order valence-corrected chi connectivity index (χ1v) is 6.07. The Morgan fingerprint density at radius 1 is 1.35 bits per heavy atom. The molecule has 0 bridgehead atoms. The summed E-state index contributed by atoms with van der Waals surface area (Å²) in [5.74, 6) is 0.254. The minimum Gasteiger partial charge on any atom is -0.482 e. The van der Waals surface area contributed by atoms with E-state index >= 15 is 0 Å². The summed E-state index contributed by atoms with van der Waals surface area (Å²) in [6.45, 7) is -0.000101. The van der Waals surface area contributed by atoms with Gasteiger partial charge in [0.05, 0.1) is 17.8 Å². The number of Topliss-reactive ketones (excluding diaryl/α,β-unsaturated/α-hetero) is 1. The topological polar surface area (TPSA) is 81.2 Å². The molecule has 1 aromatic heterocycles. The van der Waals surface area contributed by atoms with E-state index in [4.69, 9.17) is 4.74 Å². The number of anilines is 1. The molecule has 3 rings (SSSR count). The first-order valence-electron chi connectivity index (χ1n) is 6.07. The molecule has 20 heavy (non-hydrogen) atoms. The van der Waals surface area contributed by atoms with Crippen LogP contribution in [0.3, 0.4) is 0 Å². The lowest BCUT2D eigenvalue weighted by Gasteiger charge is -2.18. The fourth-order valence-electron chi connectivity index (χ4n) is 1.94. The summed E-state index contributed by atoms with van der Waals surface area (Å²) >= 11 is 0. The summed E-state index contributed by atoms with van der Waals surface area (Å²) in [6, 6.07) is 4.97. The summed E-state index contributed by atoms with van der Waals surface area (Å²) in [7, 11) is 0. The van der Waals surface area contributed by atoms with E-state index in [0.29, 0.717) is 22.7 Å². The predicted molar refractivity (Wildman–Crippen MR) is 70.6 cm³/mol. The molecule has 0 atom stereocenters. The molecule has 100 valence electrons. The van der Waals surface area contributed by atoms with Gasteiger partial charge in [0.15, 0.2) is 12.4 Å². The van der Waals surface area contributed by atoms with Crippen LogP contribution in [-0.2, 0) is 11.2 Å². The average molecular weight is 269 g/mol. The number of hydrogen-bond donors (Lipinski definition) is 1. The Labute approximate surface area is 114 Å². The number of nitrogens with zero attached hydrogens (tertiary/aromatic N) is 2. The molecule has 0 radical (unpaired) electrons. The Hall–Kier alpha value is -2.76. The van der Waals surface area contributed by atoms with Crippen molar-refractivity contribution in [1.29, 1.82) is 0 Å². The van der Waals surface area contributed by atoms with Gasteiger partial charge in [-0.05, 0) is 18.2 Å². The third kappa shape index (κ3) is 2.49. The maximum Gasteiger partial charge on any atom is 0.262 e. The van der Waals surface area contributed by atoms with Gasteiger partial charge in [-0.2, -0.15) is 0 Å². The smallest absolute Gasteiger partial charge is 0.262 e. The van der Waals surface area contributed by atoms with Crippen LogP contribution >= 0.6 is 0 Å². The van der Waals surface area contributed by atoms with E-state index in [9.17, 15) is 9.59 Å². The van der Waals surface area contributed by atoms with Crippen LogP contribution < -0.4 is 10.1 Å². The molecular formula is C14H11N3O3. The van der Waals surface area contributed by atoms with E-state index in [-0.39, 0.29) is 24.7 Å².